The highest BCUT2D eigenvalue weighted by atomic mass is 19.2. The van der Waals surface area contributed by atoms with Gasteiger partial charge in [0.25, 0.3) is 0 Å². The standard InChI is InChI=1S/C27H33FN4O5/c1-17-13-31(14-21(17)12-30-23(33)16-36-15-19-6-4-3-5-7-19)22-10-8-20(9-11-22)24-25(18(2)26(29)34)37-27(35)32(24)28/h3-11,17-18,21,24-25H,12-16H2,1-2H3,(H2,29,34)(H,30,33). The Hall–Kier alpha value is -3.66. The molecule has 3 amide bonds. The summed E-state index contributed by atoms with van der Waals surface area (Å²) in [5, 5.41) is 2.98. The third-order valence-electron chi connectivity index (χ3n) is 7.18. The molecular formula is C27H33FN4O5. The van der Waals surface area contributed by atoms with Gasteiger partial charge in [0, 0.05) is 25.3 Å². The molecule has 10 heteroatoms. The first-order chi connectivity index (χ1) is 17.7. The van der Waals surface area contributed by atoms with Gasteiger partial charge in [-0.1, -0.05) is 53.9 Å². The summed E-state index contributed by atoms with van der Waals surface area (Å²) < 4.78 is 25.1. The van der Waals surface area contributed by atoms with Gasteiger partial charge in [-0.3, -0.25) is 9.59 Å². The normalized spacial score (nSPS) is 24.1. The van der Waals surface area contributed by atoms with Crippen molar-refractivity contribution in [3.8, 4) is 0 Å². The molecular weight excluding hydrogens is 479 g/mol. The van der Waals surface area contributed by atoms with Gasteiger partial charge in [0.15, 0.2) is 0 Å². The number of carbonyl (C=O) groups excluding carboxylic acids is 3. The number of halogens is 1. The van der Waals surface area contributed by atoms with Gasteiger partial charge in [0.05, 0.1) is 12.5 Å². The average Bonchev–Trinajstić information content (AvgIpc) is 3.41. The topological polar surface area (TPSA) is 114 Å². The number of anilines is 1. The molecule has 0 aromatic heterocycles. The van der Waals surface area contributed by atoms with Gasteiger partial charge in [-0.15, -0.1) is 5.12 Å². The molecule has 198 valence electrons. The highest BCUT2D eigenvalue weighted by Gasteiger charge is 2.47. The second-order valence-electron chi connectivity index (χ2n) is 9.81. The zero-order valence-electron chi connectivity index (χ0n) is 21.0. The Morgan fingerprint density at radius 1 is 1.16 bits per heavy atom. The second kappa shape index (κ2) is 11.6. The maximum absolute atomic E-state index is 14.5. The lowest BCUT2D eigenvalue weighted by atomic mass is 9.92. The quantitative estimate of drug-likeness (QED) is 0.473. The molecule has 2 fully saturated rings. The number of ether oxygens (including phenoxy) is 2. The van der Waals surface area contributed by atoms with Crippen molar-refractivity contribution in [3.05, 3.63) is 65.7 Å². The number of hydrogen-bond donors (Lipinski definition) is 2. The van der Waals surface area contributed by atoms with E-state index in [1.807, 2.05) is 42.5 Å². The third kappa shape index (κ3) is 6.19. The molecule has 2 aromatic carbocycles. The Bertz CT molecular complexity index is 1100. The monoisotopic (exact) mass is 512 g/mol. The number of amides is 3. The summed E-state index contributed by atoms with van der Waals surface area (Å²) in [6.45, 7) is 6.18. The van der Waals surface area contributed by atoms with Crippen LogP contribution in [-0.4, -0.2) is 55.4 Å². The first-order valence-corrected chi connectivity index (χ1v) is 12.4. The number of primary amides is 1. The van der Waals surface area contributed by atoms with E-state index in [0.29, 0.717) is 24.6 Å². The van der Waals surface area contributed by atoms with E-state index in [2.05, 4.69) is 17.1 Å². The summed E-state index contributed by atoms with van der Waals surface area (Å²) >= 11 is 0. The molecule has 0 spiro atoms. The summed E-state index contributed by atoms with van der Waals surface area (Å²) in [5.41, 5.74) is 7.84. The number of nitrogens with zero attached hydrogens (tertiary/aromatic N) is 2. The Labute approximate surface area is 215 Å². The van der Waals surface area contributed by atoms with Gasteiger partial charge in [-0.05, 0) is 42.0 Å². The SMILES string of the molecule is CC1CN(c2ccc(C3C(C(C)C(N)=O)OC(=O)N3F)cc2)CC1CNC(=O)COCc1ccccc1. The number of carbonyl (C=O) groups is 3. The van der Waals surface area contributed by atoms with E-state index in [1.165, 1.54) is 6.92 Å². The first-order valence-electron chi connectivity index (χ1n) is 12.4. The van der Waals surface area contributed by atoms with Crippen molar-refractivity contribution < 1.29 is 28.3 Å². The largest absolute Gasteiger partial charge is 0.441 e. The fourth-order valence-electron chi connectivity index (χ4n) is 4.86. The van der Waals surface area contributed by atoms with Crippen molar-refractivity contribution in [2.75, 3.05) is 31.1 Å². The molecule has 9 nitrogen and oxygen atoms in total. The van der Waals surface area contributed by atoms with E-state index in [0.717, 1.165) is 24.3 Å². The van der Waals surface area contributed by atoms with Crippen LogP contribution in [0.1, 0.15) is 31.0 Å². The lowest BCUT2D eigenvalue weighted by Crippen LogP contribution is -2.35. The molecule has 2 aliphatic heterocycles. The van der Waals surface area contributed by atoms with E-state index in [4.69, 9.17) is 15.2 Å². The fourth-order valence-corrected chi connectivity index (χ4v) is 4.86. The first kappa shape index (κ1) is 26.4. The van der Waals surface area contributed by atoms with Gasteiger partial charge in [-0.25, -0.2) is 4.79 Å². The third-order valence-corrected chi connectivity index (χ3v) is 7.18. The van der Waals surface area contributed by atoms with Crippen LogP contribution in [-0.2, 0) is 25.7 Å². The minimum atomic E-state index is -1.13. The van der Waals surface area contributed by atoms with Crippen LogP contribution in [0.5, 0.6) is 0 Å². The maximum atomic E-state index is 14.5. The fraction of sp³-hybridized carbons (Fsp3) is 0.444. The van der Waals surface area contributed by atoms with Crippen molar-refractivity contribution >= 4 is 23.6 Å². The van der Waals surface area contributed by atoms with Crippen molar-refractivity contribution in [1.82, 2.24) is 10.4 Å². The maximum Gasteiger partial charge on any atom is 0.439 e. The summed E-state index contributed by atoms with van der Waals surface area (Å²) in [6, 6.07) is 15.9. The smallest absolute Gasteiger partial charge is 0.439 e. The molecule has 37 heavy (non-hydrogen) atoms. The van der Waals surface area contributed by atoms with Crippen molar-refractivity contribution in [1.29, 1.82) is 0 Å². The van der Waals surface area contributed by atoms with Crippen LogP contribution in [0.3, 0.4) is 0 Å². The Morgan fingerprint density at radius 2 is 1.86 bits per heavy atom. The Morgan fingerprint density at radius 3 is 2.54 bits per heavy atom. The number of cyclic esters (lactones) is 1. The van der Waals surface area contributed by atoms with E-state index < -0.39 is 30.1 Å². The molecule has 4 rings (SSSR count). The van der Waals surface area contributed by atoms with Gasteiger partial charge in [0.1, 0.15) is 18.8 Å². The van der Waals surface area contributed by atoms with Gasteiger partial charge >= 0.3 is 6.09 Å². The predicted molar refractivity (Wildman–Crippen MR) is 135 cm³/mol. The van der Waals surface area contributed by atoms with Crippen LogP contribution >= 0.6 is 0 Å². The van der Waals surface area contributed by atoms with E-state index in [9.17, 15) is 18.9 Å². The molecule has 0 bridgehead atoms. The predicted octanol–water partition coefficient (Wildman–Crippen LogP) is 2.96. The zero-order chi connectivity index (χ0) is 26.5. The number of rotatable bonds is 10. The number of nitrogens with two attached hydrogens (primary N) is 1. The molecule has 2 saturated heterocycles. The molecule has 5 unspecified atom stereocenters. The van der Waals surface area contributed by atoms with Crippen LogP contribution in [0.4, 0.5) is 15.0 Å². The van der Waals surface area contributed by atoms with Crippen molar-refractivity contribution in [2.24, 2.45) is 23.5 Å². The highest BCUT2D eigenvalue weighted by Crippen LogP contribution is 2.38. The van der Waals surface area contributed by atoms with E-state index >= 15 is 0 Å². The average molecular weight is 513 g/mol. The van der Waals surface area contributed by atoms with Crippen molar-refractivity contribution in [3.63, 3.8) is 0 Å². The molecule has 0 radical (unpaired) electrons. The zero-order valence-corrected chi connectivity index (χ0v) is 21.0. The van der Waals surface area contributed by atoms with E-state index in [1.54, 1.807) is 12.1 Å². The molecule has 2 heterocycles. The Kier molecular flexibility index (Phi) is 8.27. The number of nitrogens with one attached hydrogen (secondary N) is 1. The minimum absolute atomic E-state index is 0.00943. The second-order valence-corrected chi connectivity index (χ2v) is 9.81. The number of benzene rings is 2. The Balaban J connectivity index is 1.29. The minimum Gasteiger partial charge on any atom is -0.441 e. The van der Waals surface area contributed by atoms with E-state index in [-0.39, 0.29) is 23.6 Å². The molecule has 5 atom stereocenters. The highest BCUT2D eigenvalue weighted by molar-refractivity contribution is 5.79. The summed E-state index contributed by atoms with van der Waals surface area (Å²) in [5.74, 6) is -1.03. The van der Waals surface area contributed by atoms with Crippen LogP contribution in [0.15, 0.2) is 54.6 Å². The van der Waals surface area contributed by atoms with Crippen LogP contribution in [0.25, 0.3) is 0 Å². The van der Waals surface area contributed by atoms with Gasteiger partial charge in [0.2, 0.25) is 11.8 Å². The summed E-state index contributed by atoms with van der Waals surface area (Å²) in [4.78, 5) is 37.9. The molecule has 0 saturated carbocycles. The molecule has 3 N–H and O–H groups in total. The van der Waals surface area contributed by atoms with Crippen molar-refractivity contribution in [2.45, 2.75) is 32.6 Å². The number of hydrogen-bond acceptors (Lipinski definition) is 6. The van der Waals surface area contributed by atoms with Crippen LogP contribution in [0, 0.1) is 17.8 Å². The summed E-state index contributed by atoms with van der Waals surface area (Å²) in [6.07, 6.45) is -2.13. The molecule has 2 aliphatic rings. The van der Waals surface area contributed by atoms with Gasteiger partial charge in [-0.2, -0.15) is 0 Å². The van der Waals surface area contributed by atoms with Crippen LogP contribution < -0.4 is 16.0 Å². The lowest BCUT2D eigenvalue weighted by molar-refractivity contribution is -0.126. The lowest BCUT2D eigenvalue weighted by Gasteiger charge is -2.24. The van der Waals surface area contributed by atoms with Gasteiger partial charge < -0.3 is 25.4 Å². The molecule has 0 aliphatic carbocycles. The molecule has 2 aromatic rings. The van der Waals surface area contributed by atoms with Crippen LogP contribution in [0.2, 0.25) is 0 Å². The summed E-state index contributed by atoms with van der Waals surface area (Å²) in [7, 11) is 0.